The first-order chi connectivity index (χ1) is 11.0. The average Bonchev–Trinajstić information content (AvgIpc) is 2.56. The van der Waals surface area contributed by atoms with Crippen molar-refractivity contribution in [3.8, 4) is 0 Å². The van der Waals surface area contributed by atoms with Crippen molar-refractivity contribution in [3.05, 3.63) is 41.4 Å². The number of carbonyl (C=O) groups excluding carboxylic acids is 3. The number of Topliss-reactive ketones (excluding diaryl/α,β-unsaturated/α-hetero) is 1. The number of hydrogen-bond donors (Lipinski definition) is 0. The van der Waals surface area contributed by atoms with Crippen LogP contribution in [0.25, 0.3) is 5.53 Å². The third-order valence-corrected chi connectivity index (χ3v) is 2.72. The predicted molar refractivity (Wildman–Crippen MR) is 77.3 cm³/mol. The summed E-state index contributed by atoms with van der Waals surface area (Å²) in [6.45, 7) is 1.41. The summed E-state index contributed by atoms with van der Waals surface area (Å²) in [5.41, 5.74) is 8.61. The first-order valence-electron chi connectivity index (χ1n) is 6.71. The highest BCUT2D eigenvalue weighted by Crippen LogP contribution is 2.07. The summed E-state index contributed by atoms with van der Waals surface area (Å²) < 4.78 is 14.3. The molecule has 0 amide bonds. The molecule has 0 aromatic heterocycles. The molecule has 0 aliphatic rings. The number of benzene rings is 1. The number of nitrogens with zero attached hydrogens (tertiary/aromatic N) is 2. The molecule has 1 aromatic rings. The van der Waals surface area contributed by atoms with Crippen LogP contribution in [0.15, 0.2) is 30.3 Å². The third-order valence-electron chi connectivity index (χ3n) is 2.72. The van der Waals surface area contributed by atoms with Gasteiger partial charge in [0.1, 0.15) is 0 Å². The molecule has 0 fully saturated rings. The van der Waals surface area contributed by atoms with Crippen LogP contribution < -0.4 is 0 Å². The molecule has 0 saturated carbocycles. The summed E-state index contributed by atoms with van der Waals surface area (Å²) in [5.74, 6) is -3.32. The van der Waals surface area contributed by atoms with Crippen molar-refractivity contribution in [2.45, 2.75) is 19.6 Å². The maximum absolute atomic E-state index is 12.2. The quantitative estimate of drug-likeness (QED) is 0.227. The summed E-state index contributed by atoms with van der Waals surface area (Å²) in [5, 5.41) is 0. The molecule has 1 unspecified atom stereocenters. The van der Waals surface area contributed by atoms with Crippen LogP contribution in [0.4, 0.5) is 0 Å². The Morgan fingerprint density at radius 1 is 1.22 bits per heavy atom. The lowest BCUT2D eigenvalue weighted by Crippen LogP contribution is -2.42. The summed E-state index contributed by atoms with van der Waals surface area (Å²) in [6.07, 6.45) is -1.74. The lowest BCUT2D eigenvalue weighted by molar-refractivity contribution is -0.160. The minimum Gasteiger partial charge on any atom is -0.467 e. The Kier molecular flexibility index (Phi) is 7.32. The van der Waals surface area contributed by atoms with Crippen molar-refractivity contribution in [3.63, 3.8) is 0 Å². The minimum absolute atomic E-state index is 0.0289. The molecule has 8 heteroatoms. The van der Waals surface area contributed by atoms with Gasteiger partial charge in [-0.1, -0.05) is 30.3 Å². The Morgan fingerprint density at radius 2 is 1.87 bits per heavy atom. The van der Waals surface area contributed by atoms with E-state index < -0.39 is 29.5 Å². The highest BCUT2D eigenvalue weighted by atomic mass is 16.6. The molecule has 1 rings (SSSR count). The van der Waals surface area contributed by atoms with Gasteiger partial charge in [-0.2, -0.15) is 4.79 Å². The fraction of sp³-hybridized carbons (Fsp3) is 0.333. The molecule has 0 radical (unpaired) electrons. The molecule has 0 aliphatic heterocycles. The minimum atomic E-state index is -1.74. The van der Waals surface area contributed by atoms with Crippen LogP contribution >= 0.6 is 0 Å². The SMILES string of the molecule is CCOC(=O)C(=[N+]=[N-])C(=O)C(OCc1ccccc1)C(=O)OC. The fourth-order valence-electron chi connectivity index (χ4n) is 1.63. The van der Waals surface area contributed by atoms with Crippen LogP contribution in [-0.2, 0) is 35.2 Å². The second-order valence-electron chi connectivity index (χ2n) is 4.23. The lowest BCUT2D eigenvalue weighted by atomic mass is 10.1. The van der Waals surface area contributed by atoms with Gasteiger partial charge < -0.3 is 19.7 Å². The number of esters is 2. The lowest BCUT2D eigenvalue weighted by Gasteiger charge is -2.12. The predicted octanol–water partition coefficient (Wildman–Crippen LogP) is 0.548. The largest absolute Gasteiger partial charge is 0.467 e. The van der Waals surface area contributed by atoms with E-state index in [1.54, 1.807) is 30.3 Å². The molecular formula is C15H16N2O6. The van der Waals surface area contributed by atoms with Gasteiger partial charge in [0.15, 0.2) is 0 Å². The van der Waals surface area contributed by atoms with E-state index in [4.69, 9.17) is 10.3 Å². The first kappa shape index (κ1) is 18.2. The van der Waals surface area contributed by atoms with Gasteiger partial charge in [-0.3, -0.25) is 4.79 Å². The number of hydrogen-bond acceptors (Lipinski definition) is 6. The second kappa shape index (κ2) is 9.24. The number of ketones is 1. The van der Waals surface area contributed by atoms with Gasteiger partial charge in [-0.05, 0) is 12.5 Å². The smallest absolute Gasteiger partial charge is 0.444 e. The van der Waals surface area contributed by atoms with Crippen molar-refractivity contribution < 1.29 is 33.4 Å². The molecule has 122 valence electrons. The maximum Gasteiger partial charge on any atom is 0.444 e. The number of methoxy groups -OCH3 is 1. The molecule has 0 bridgehead atoms. The van der Waals surface area contributed by atoms with Gasteiger partial charge in [0, 0.05) is 0 Å². The highest BCUT2D eigenvalue weighted by molar-refractivity contribution is 6.64. The van der Waals surface area contributed by atoms with Crippen LogP contribution in [0.5, 0.6) is 0 Å². The van der Waals surface area contributed by atoms with Crippen LogP contribution in [0.1, 0.15) is 12.5 Å². The maximum atomic E-state index is 12.2. The molecule has 1 atom stereocenters. The van der Waals surface area contributed by atoms with Gasteiger partial charge >= 0.3 is 17.7 Å². The molecular weight excluding hydrogens is 304 g/mol. The Labute approximate surface area is 132 Å². The number of rotatable bonds is 8. The highest BCUT2D eigenvalue weighted by Gasteiger charge is 2.42. The summed E-state index contributed by atoms with van der Waals surface area (Å²) in [7, 11) is 1.06. The van der Waals surface area contributed by atoms with Crippen LogP contribution in [-0.4, -0.2) is 48.0 Å². The Hall–Kier alpha value is -2.83. The van der Waals surface area contributed by atoms with E-state index in [-0.39, 0.29) is 13.2 Å². The molecule has 0 saturated heterocycles. The van der Waals surface area contributed by atoms with E-state index >= 15 is 0 Å². The normalized spacial score (nSPS) is 11.0. The summed E-state index contributed by atoms with van der Waals surface area (Å²) in [6, 6.07) is 8.76. The standard InChI is InChI=1S/C15H16N2O6/c1-3-22-14(19)11(17-16)12(18)13(15(20)21-2)23-9-10-7-5-4-6-8-10/h4-8,13H,3,9H2,1-2H3. The van der Waals surface area contributed by atoms with Gasteiger partial charge in [-0.15, -0.1) is 0 Å². The third kappa shape index (κ3) is 5.14. The zero-order chi connectivity index (χ0) is 17.2. The van der Waals surface area contributed by atoms with E-state index in [0.717, 1.165) is 7.11 Å². The van der Waals surface area contributed by atoms with E-state index in [0.29, 0.717) is 5.56 Å². The van der Waals surface area contributed by atoms with Crippen LogP contribution in [0.3, 0.4) is 0 Å². The number of ether oxygens (including phenoxy) is 3. The fourth-order valence-corrected chi connectivity index (χ4v) is 1.63. The van der Waals surface area contributed by atoms with E-state index in [1.807, 2.05) is 0 Å². The molecule has 0 N–H and O–H groups in total. The van der Waals surface area contributed by atoms with Gasteiger partial charge in [0.05, 0.1) is 20.3 Å². The van der Waals surface area contributed by atoms with Gasteiger partial charge in [-0.25, -0.2) is 9.59 Å². The molecule has 0 heterocycles. The van der Waals surface area contributed by atoms with Crippen molar-refractivity contribution >= 4 is 23.4 Å². The van der Waals surface area contributed by atoms with E-state index in [2.05, 4.69) is 14.3 Å². The topological polar surface area (TPSA) is 115 Å². The molecule has 23 heavy (non-hydrogen) atoms. The molecule has 0 aliphatic carbocycles. The van der Waals surface area contributed by atoms with Crippen molar-refractivity contribution in [2.75, 3.05) is 13.7 Å². The number of carbonyl (C=O) groups is 3. The van der Waals surface area contributed by atoms with Gasteiger partial charge in [0.2, 0.25) is 6.10 Å². The average molecular weight is 320 g/mol. The summed E-state index contributed by atoms with van der Waals surface area (Å²) >= 11 is 0. The Morgan fingerprint density at radius 3 is 2.39 bits per heavy atom. The molecule has 8 nitrogen and oxygen atoms in total. The van der Waals surface area contributed by atoms with Crippen molar-refractivity contribution in [2.24, 2.45) is 0 Å². The Balaban J connectivity index is 2.92. The second-order valence-corrected chi connectivity index (χ2v) is 4.23. The summed E-state index contributed by atoms with van der Waals surface area (Å²) in [4.78, 5) is 38.1. The van der Waals surface area contributed by atoms with Crippen LogP contribution in [0.2, 0.25) is 0 Å². The van der Waals surface area contributed by atoms with Crippen molar-refractivity contribution in [1.82, 2.24) is 0 Å². The molecule has 1 aromatic carbocycles. The van der Waals surface area contributed by atoms with E-state index in [9.17, 15) is 14.4 Å². The van der Waals surface area contributed by atoms with Crippen LogP contribution in [0, 0.1) is 0 Å². The Bertz CT molecular complexity index is 622. The zero-order valence-electron chi connectivity index (χ0n) is 12.7. The zero-order valence-corrected chi connectivity index (χ0v) is 12.7. The first-order valence-corrected chi connectivity index (χ1v) is 6.71. The molecule has 0 spiro atoms. The van der Waals surface area contributed by atoms with Crippen molar-refractivity contribution in [1.29, 1.82) is 0 Å². The van der Waals surface area contributed by atoms with E-state index in [1.165, 1.54) is 6.92 Å². The van der Waals surface area contributed by atoms with Gasteiger partial charge in [0.25, 0.3) is 5.78 Å². The monoisotopic (exact) mass is 320 g/mol.